The topological polar surface area (TPSA) is 67.6 Å². The lowest BCUT2D eigenvalue weighted by Crippen LogP contribution is -2.55. The van der Waals surface area contributed by atoms with Crippen LogP contribution in [-0.4, -0.2) is 58.6 Å². The molecule has 0 aromatic heterocycles. The Hall–Kier alpha value is -1.12. The Kier molecular flexibility index (Phi) is 5.70. The molecule has 0 bridgehead atoms. The molecule has 2 rings (SSSR count). The van der Waals surface area contributed by atoms with Crippen LogP contribution in [0, 0.1) is 23.2 Å². The summed E-state index contributed by atoms with van der Waals surface area (Å²) in [6, 6.07) is 2.21. The highest BCUT2D eigenvalue weighted by atomic mass is 16.3. The number of carbonyl (C=O) groups excluding carboxylic acids is 1. The number of nitrogens with zero attached hydrogens (tertiary/aromatic N) is 3. The van der Waals surface area contributed by atoms with Gasteiger partial charge < -0.3 is 10.0 Å². The van der Waals surface area contributed by atoms with Gasteiger partial charge in [-0.25, -0.2) is 0 Å². The van der Waals surface area contributed by atoms with Crippen LogP contribution >= 0.6 is 0 Å². The minimum atomic E-state index is -0.638. The number of aliphatic hydroxyl groups is 1. The summed E-state index contributed by atoms with van der Waals surface area (Å²) in [6.07, 6.45) is 4.16. The van der Waals surface area contributed by atoms with E-state index in [0.717, 1.165) is 45.2 Å². The molecular formula is C18H31N3O2. The number of likely N-dealkylation sites (tertiary alicyclic amines) is 1. The number of carbonyl (C=O) groups is 1. The van der Waals surface area contributed by atoms with Crippen molar-refractivity contribution in [1.29, 1.82) is 5.26 Å². The lowest BCUT2D eigenvalue weighted by molar-refractivity contribution is -0.140. The van der Waals surface area contributed by atoms with E-state index in [1.807, 2.05) is 13.8 Å². The van der Waals surface area contributed by atoms with Gasteiger partial charge in [0.15, 0.2) is 0 Å². The number of hydrogen-bond donors (Lipinski definition) is 1. The van der Waals surface area contributed by atoms with Gasteiger partial charge in [0.25, 0.3) is 0 Å². The summed E-state index contributed by atoms with van der Waals surface area (Å²) in [5.74, 6) is 0.922. The van der Waals surface area contributed by atoms with Gasteiger partial charge in [-0.15, -0.1) is 0 Å². The molecule has 2 fully saturated rings. The van der Waals surface area contributed by atoms with Gasteiger partial charge in [0.05, 0.1) is 18.2 Å². The van der Waals surface area contributed by atoms with E-state index >= 15 is 0 Å². The summed E-state index contributed by atoms with van der Waals surface area (Å²) in [6.45, 7) is 7.56. The molecule has 3 unspecified atom stereocenters. The first-order chi connectivity index (χ1) is 10.8. The lowest BCUT2D eigenvalue weighted by atomic mass is 9.77. The Morgan fingerprint density at radius 3 is 2.43 bits per heavy atom. The first kappa shape index (κ1) is 18.2. The second kappa shape index (κ2) is 7.19. The quantitative estimate of drug-likeness (QED) is 0.860. The molecule has 0 aromatic carbocycles. The molecule has 1 aliphatic heterocycles. The van der Waals surface area contributed by atoms with Crippen molar-refractivity contribution in [3.8, 4) is 6.07 Å². The maximum atomic E-state index is 12.9. The van der Waals surface area contributed by atoms with Crippen LogP contribution in [0.1, 0.15) is 52.9 Å². The third kappa shape index (κ3) is 3.70. The second-order valence-electron chi connectivity index (χ2n) is 7.68. The Bertz CT molecular complexity index is 463. The van der Waals surface area contributed by atoms with E-state index in [1.165, 1.54) is 0 Å². The molecule has 130 valence electrons. The van der Waals surface area contributed by atoms with Gasteiger partial charge in [0.1, 0.15) is 5.54 Å². The number of aliphatic hydroxyl groups excluding tert-OH is 1. The third-order valence-corrected chi connectivity index (χ3v) is 6.13. The molecule has 3 atom stereocenters. The Morgan fingerprint density at radius 1 is 1.35 bits per heavy atom. The fourth-order valence-corrected chi connectivity index (χ4v) is 3.97. The van der Waals surface area contributed by atoms with E-state index in [0.29, 0.717) is 5.92 Å². The van der Waals surface area contributed by atoms with Crippen molar-refractivity contribution in [2.24, 2.45) is 11.8 Å². The minimum Gasteiger partial charge on any atom is -0.393 e. The largest absolute Gasteiger partial charge is 0.393 e. The molecule has 0 spiro atoms. The Labute approximate surface area is 140 Å². The van der Waals surface area contributed by atoms with Gasteiger partial charge in [-0.1, -0.05) is 6.92 Å². The lowest BCUT2D eigenvalue weighted by Gasteiger charge is -2.42. The predicted molar refractivity (Wildman–Crippen MR) is 89.6 cm³/mol. The number of amides is 1. The van der Waals surface area contributed by atoms with Crippen LogP contribution in [0.2, 0.25) is 0 Å². The average Bonchev–Trinajstić information content (AvgIpc) is 3.04. The Balaban J connectivity index is 2.02. The zero-order valence-electron chi connectivity index (χ0n) is 15.0. The molecule has 1 saturated heterocycles. The fourth-order valence-electron chi connectivity index (χ4n) is 3.97. The van der Waals surface area contributed by atoms with Crippen molar-refractivity contribution in [2.75, 3.05) is 20.1 Å². The summed E-state index contributed by atoms with van der Waals surface area (Å²) in [5, 5.41) is 19.5. The summed E-state index contributed by atoms with van der Waals surface area (Å²) in [4.78, 5) is 16.8. The van der Waals surface area contributed by atoms with Crippen LogP contribution in [0.25, 0.3) is 0 Å². The monoisotopic (exact) mass is 321 g/mol. The molecule has 1 saturated carbocycles. The van der Waals surface area contributed by atoms with Gasteiger partial charge >= 0.3 is 0 Å². The molecule has 0 radical (unpaired) electrons. The van der Waals surface area contributed by atoms with Crippen LogP contribution in [0.15, 0.2) is 0 Å². The molecule has 23 heavy (non-hydrogen) atoms. The molecule has 1 aliphatic carbocycles. The number of rotatable bonds is 4. The van der Waals surface area contributed by atoms with Crippen molar-refractivity contribution in [3.63, 3.8) is 0 Å². The highest BCUT2D eigenvalue weighted by Gasteiger charge is 2.43. The molecule has 5 nitrogen and oxygen atoms in total. The number of hydrogen-bond acceptors (Lipinski definition) is 4. The number of nitriles is 1. The van der Waals surface area contributed by atoms with Crippen molar-refractivity contribution in [1.82, 2.24) is 9.80 Å². The molecule has 0 aromatic rings. The van der Waals surface area contributed by atoms with Gasteiger partial charge in [-0.2, -0.15) is 5.26 Å². The standard InChI is InChI=1S/C18H31N3O2/c1-13-5-8-18(12-19,9-6-13)20(4)17(23)14(2)21-10-7-16(11-21)15(3)22/h13-16,22H,5-11H2,1-4H3. The van der Waals surface area contributed by atoms with Gasteiger partial charge in [0, 0.05) is 13.6 Å². The van der Waals surface area contributed by atoms with Crippen LogP contribution in [-0.2, 0) is 4.79 Å². The summed E-state index contributed by atoms with van der Waals surface area (Å²) < 4.78 is 0. The van der Waals surface area contributed by atoms with Crippen LogP contribution in [0.3, 0.4) is 0 Å². The molecule has 5 heteroatoms. The number of likely N-dealkylation sites (N-methyl/N-ethyl adjacent to an activating group) is 1. The van der Waals surface area contributed by atoms with E-state index in [9.17, 15) is 15.2 Å². The second-order valence-corrected chi connectivity index (χ2v) is 7.68. The highest BCUT2D eigenvalue weighted by Crippen LogP contribution is 2.36. The van der Waals surface area contributed by atoms with E-state index in [1.54, 1.807) is 11.9 Å². The van der Waals surface area contributed by atoms with Gasteiger partial charge in [0.2, 0.25) is 5.91 Å². The third-order valence-electron chi connectivity index (χ3n) is 6.13. The van der Waals surface area contributed by atoms with E-state index < -0.39 is 5.54 Å². The average molecular weight is 321 g/mol. The molecule has 1 amide bonds. The normalized spacial score (nSPS) is 34.6. The van der Waals surface area contributed by atoms with E-state index in [-0.39, 0.29) is 24.0 Å². The van der Waals surface area contributed by atoms with Gasteiger partial charge in [-0.05, 0) is 64.3 Å². The fraction of sp³-hybridized carbons (Fsp3) is 0.889. The molecule has 1 heterocycles. The van der Waals surface area contributed by atoms with Crippen LogP contribution in [0.4, 0.5) is 0 Å². The molecule has 2 aliphatic rings. The van der Waals surface area contributed by atoms with Crippen molar-refractivity contribution in [2.45, 2.75) is 70.6 Å². The zero-order valence-corrected chi connectivity index (χ0v) is 15.0. The Morgan fingerprint density at radius 2 is 1.96 bits per heavy atom. The van der Waals surface area contributed by atoms with Gasteiger partial charge in [-0.3, -0.25) is 9.69 Å². The first-order valence-electron chi connectivity index (χ1n) is 8.92. The summed E-state index contributed by atoms with van der Waals surface area (Å²) >= 11 is 0. The molecular weight excluding hydrogens is 290 g/mol. The summed E-state index contributed by atoms with van der Waals surface area (Å²) in [7, 11) is 1.79. The van der Waals surface area contributed by atoms with Crippen LogP contribution in [0.5, 0.6) is 0 Å². The predicted octanol–water partition coefficient (Wildman–Crippen LogP) is 2.01. The van der Waals surface area contributed by atoms with E-state index in [4.69, 9.17) is 0 Å². The maximum Gasteiger partial charge on any atom is 0.240 e. The zero-order chi connectivity index (χ0) is 17.2. The van der Waals surface area contributed by atoms with Crippen LogP contribution < -0.4 is 0 Å². The van der Waals surface area contributed by atoms with Crippen molar-refractivity contribution in [3.05, 3.63) is 0 Å². The van der Waals surface area contributed by atoms with Crippen molar-refractivity contribution < 1.29 is 9.90 Å². The SMILES string of the molecule is CC1CCC(C#N)(N(C)C(=O)C(C)N2CCC(C(C)O)C2)CC1. The smallest absolute Gasteiger partial charge is 0.240 e. The summed E-state index contributed by atoms with van der Waals surface area (Å²) in [5.41, 5.74) is -0.638. The van der Waals surface area contributed by atoms with E-state index in [2.05, 4.69) is 17.9 Å². The molecule has 1 N–H and O–H groups in total. The maximum absolute atomic E-state index is 12.9. The highest BCUT2D eigenvalue weighted by molar-refractivity contribution is 5.82. The van der Waals surface area contributed by atoms with Crippen molar-refractivity contribution >= 4 is 5.91 Å². The minimum absolute atomic E-state index is 0.0346. The first-order valence-corrected chi connectivity index (χ1v) is 8.92.